The van der Waals surface area contributed by atoms with E-state index in [-0.39, 0.29) is 5.91 Å². The molecule has 0 atom stereocenters. The molecule has 0 spiro atoms. The highest BCUT2D eigenvalue weighted by molar-refractivity contribution is 5.94. The van der Waals surface area contributed by atoms with Crippen LogP contribution in [0.2, 0.25) is 0 Å². The van der Waals surface area contributed by atoms with Crippen LogP contribution in [-0.2, 0) is 13.2 Å². The van der Waals surface area contributed by atoms with Crippen molar-refractivity contribution in [1.29, 1.82) is 0 Å². The summed E-state index contributed by atoms with van der Waals surface area (Å²) in [6, 6.07) is 25.2. The van der Waals surface area contributed by atoms with Gasteiger partial charge in [-0.2, -0.15) is 0 Å². The highest BCUT2D eigenvalue weighted by Gasteiger charge is 2.15. The normalized spacial score (nSPS) is 10.6. The van der Waals surface area contributed by atoms with E-state index in [1.165, 1.54) is 11.0 Å². The number of rotatable bonds is 8. The Bertz CT molecular complexity index is 1110. The van der Waals surface area contributed by atoms with Gasteiger partial charge in [0.2, 0.25) is 0 Å². The predicted octanol–water partition coefficient (Wildman–Crippen LogP) is 3.90. The lowest BCUT2D eigenvalue weighted by Crippen LogP contribution is -2.30. The number of carbonyl (C=O) groups is 1. The average Bonchev–Trinajstić information content (AvgIpc) is 3.37. The van der Waals surface area contributed by atoms with Gasteiger partial charge in [-0.15, -0.1) is 5.10 Å². The van der Waals surface area contributed by atoms with Crippen molar-refractivity contribution >= 4 is 5.91 Å². The second kappa shape index (κ2) is 9.67. The summed E-state index contributed by atoms with van der Waals surface area (Å²) in [5.41, 5.74) is 3.50. The highest BCUT2D eigenvalue weighted by Crippen LogP contribution is 2.17. The van der Waals surface area contributed by atoms with Gasteiger partial charge in [0.25, 0.3) is 5.91 Å². The fourth-order valence-electron chi connectivity index (χ4n) is 3.22. The Hall–Kier alpha value is -4.00. The molecule has 0 N–H and O–H groups in total. The summed E-state index contributed by atoms with van der Waals surface area (Å²) in [4.78, 5) is 14.9. The number of carbonyl (C=O) groups excluding carboxylic acids is 1. The van der Waals surface area contributed by atoms with Crippen LogP contribution in [0.5, 0.6) is 5.75 Å². The molecule has 1 heterocycles. The van der Waals surface area contributed by atoms with Crippen LogP contribution in [0.15, 0.2) is 85.2 Å². The SMILES string of the molecule is CCN(Cc1ccc(OCc2ccccc2)cc1)C(=O)c1cccc(-n2cnnn2)c1. The van der Waals surface area contributed by atoms with Crippen molar-refractivity contribution < 1.29 is 9.53 Å². The van der Waals surface area contributed by atoms with E-state index < -0.39 is 0 Å². The minimum Gasteiger partial charge on any atom is -0.489 e. The first kappa shape index (κ1) is 20.3. The number of nitrogens with zero attached hydrogens (tertiary/aromatic N) is 5. The first-order chi connectivity index (χ1) is 15.2. The largest absolute Gasteiger partial charge is 0.489 e. The molecule has 7 nitrogen and oxygen atoms in total. The van der Waals surface area contributed by atoms with Crippen molar-refractivity contribution in [3.8, 4) is 11.4 Å². The molecule has 31 heavy (non-hydrogen) atoms. The van der Waals surface area contributed by atoms with Crippen LogP contribution in [-0.4, -0.2) is 37.6 Å². The summed E-state index contributed by atoms with van der Waals surface area (Å²) in [5, 5.41) is 11.2. The summed E-state index contributed by atoms with van der Waals surface area (Å²) in [5.74, 6) is 0.762. The molecule has 3 aromatic carbocycles. The molecular weight excluding hydrogens is 390 g/mol. The molecule has 4 rings (SSSR count). The molecule has 1 amide bonds. The van der Waals surface area contributed by atoms with Gasteiger partial charge < -0.3 is 9.64 Å². The van der Waals surface area contributed by atoms with E-state index in [1.54, 1.807) is 17.0 Å². The minimum atomic E-state index is -0.0400. The third-order valence-corrected chi connectivity index (χ3v) is 4.92. The molecule has 0 radical (unpaired) electrons. The summed E-state index contributed by atoms with van der Waals surface area (Å²) in [6.07, 6.45) is 1.50. The zero-order chi connectivity index (χ0) is 21.5. The molecule has 4 aromatic rings. The zero-order valence-corrected chi connectivity index (χ0v) is 17.3. The molecule has 0 unspecified atom stereocenters. The van der Waals surface area contributed by atoms with Crippen molar-refractivity contribution in [3.05, 3.63) is 102 Å². The second-order valence-electron chi connectivity index (χ2n) is 7.04. The van der Waals surface area contributed by atoms with E-state index in [4.69, 9.17) is 4.74 Å². The van der Waals surface area contributed by atoms with Gasteiger partial charge in [0, 0.05) is 18.7 Å². The molecule has 0 fully saturated rings. The van der Waals surface area contributed by atoms with Crippen LogP contribution < -0.4 is 4.74 Å². The Labute approximate surface area is 180 Å². The molecule has 1 aromatic heterocycles. The third-order valence-electron chi connectivity index (χ3n) is 4.92. The lowest BCUT2D eigenvalue weighted by atomic mass is 10.1. The van der Waals surface area contributed by atoms with Crippen LogP contribution in [0.4, 0.5) is 0 Å². The number of ether oxygens (including phenoxy) is 1. The first-order valence-corrected chi connectivity index (χ1v) is 10.1. The minimum absolute atomic E-state index is 0.0400. The molecule has 0 saturated carbocycles. The number of aromatic nitrogens is 4. The maximum atomic E-state index is 13.1. The molecule has 0 aliphatic rings. The van der Waals surface area contributed by atoms with Crippen molar-refractivity contribution in [2.45, 2.75) is 20.1 Å². The summed E-state index contributed by atoms with van der Waals surface area (Å²) < 4.78 is 7.37. The van der Waals surface area contributed by atoms with Crippen molar-refractivity contribution in [2.75, 3.05) is 6.54 Å². The second-order valence-corrected chi connectivity index (χ2v) is 7.04. The monoisotopic (exact) mass is 413 g/mol. The van der Waals surface area contributed by atoms with Gasteiger partial charge in [0.15, 0.2) is 0 Å². The van der Waals surface area contributed by atoms with Crippen LogP contribution in [0.1, 0.15) is 28.4 Å². The molecule has 0 bridgehead atoms. The van der Waals surface area contributed by atoms with Crippen molar-refractivity contribution in [3.63, 3.8) is 0 Å². The van der Waals surface area contributed by atoms with E-state index >= 15 is 0 Å². The number of benzene rings is 3. The molecule has 0 aliphatic heterocycles. The Morgan fingerprint density at radius 3 is 2.48 bits per heavy atom. The van der Waals surface area contributed by atoms with Gasteiger partial charge in [-0.1, -0.05) is 48.5 Å². The van der Waals surface area contributed by atoms with Gasteiger partial charge >= 0.3 is 0 Å². The molecule has 0 aliphatic carbocycles. The Kier molecular flexibility index (Phi) is 6.32. The smallest absolute Gasteiger partial charge is 0.254 e. The molecule has 7 heteroatoms. The fourth-order valence-corrected chi connectivity index (χ4v) is 3.22. The summed E-state index contributed by atoms with van der Waals surface area (Å²) >= 11 is 0. The number of amides is 1. The average molecular weight is 413 g/mol. The van der Waals surface area contributed by atoms with Gasteiger partial charge in [-0.25, -0.2) is 4.68 Å². The maximum Gasteiger partial charge on any atom is 0.254 e. The zero-order valence-electron chi connectivity index (χ0n) is 17.3. The Morgan fingerprint density at radius 1 is 0.968 bits per heavy atom. The van der Waals surface area contributed by atoms with E-state index in [9.17, 15) is 4.79 Å². The van der Waals surface area contributed by atoms with Gasteiger partial charge in [-0.05, 0) is 58.8 Å². The van der Waals surface area contributed by atoms with E-state index in [1.807, 2.05) is 73.7 Å². The van der Waals surface area contributed by atoms with Crippen molar-refractivity contribution in [1.82, 2.24) is 25.1 Å². The maximum absolute atomic E-state index is 13.1. The van der Waals surface area contributed by atoms with Crippen LogP contribution in [0, 0.1) is 0 Å². The summed E-state index contributed by atoms with van der Waals surface area (Å²) in [6.45, 7) is 3.61. The van der Waals surface area contributed by atoms with Crippen LogP contribution >= 0.6 is 0 Å². The molecular formula is C24H23N5O2. The van der Waals surface area contributed by atoms with Crippen LogP contribution in [0.3, 0.4) is 0 Å². The first-order valence-electron chi connectivity index (χ1n) is 10.1. The lowest BCUT2D eigenvalue weighted by molar-refractivity contribution is 0.0752. The Morgan fingerprint density at radius 2 is 1.77 bits per heavy atom. The Balaban J connectivity index is 1.40. The molecule has 0 saturated heterocycles. The lowest BCUT2D eigenvalue weighted by Gasteiger charge is -2.21. The third kappa shape index (κ3) is 5.14. The highest BCUT2D eigenvalue weighted by atomic mass is 16.5. The van der Waals surface area contributed by atoms with E-state index in [0.29, 0.717) is 25.3 Å². The van der Waals surface area contributed by atoms with Crippen molar-refractivity contribution in [2.24, 2.45) is 0 Å². The number of hydrogen-bond donors (Lipinski definition) is 0. The van der Waals surface area contributed by atoms with Crippen LogP contribution in [0.25, 0.3) is 5.69 Å². The van der Waals surface area contributed by atoms with Gasteiger partial charge in [0.1, 0.15) is 18.7 Å². The topological polar surface area (TPSA) is 73.1 Å². The quantitative estimate of drug-likeness (QED) is 0.438. The van der Waals surface area contributed by atoms with Gasteiger partial charge in [-0.3, -0.25) is 4.79 Å². The predicted molar refractivity (Wildman–Crippen MR) is 117 cm³/mol. The summed E-state index contributed by atoms with van der Waals surface area (Å²) in [7, 11) is 0. The number of hydrogen-bond acceptors (Lipinski definition) is 5. The van der Waals surface area contributed by atoms with E-state index in [0.717, 1.165) is 22.6 Å². The standard InChI is InChI=1S/C24H23N5O2/c1-2-28(24(30)21-9-6-10-22(15-21)29-18-25-26-27-29)16-19-11-13-23(14-12-19)31-17-20-7-4-3-5-8-20/h3-15,18H,2,16-17H2,1H3. The number of tetrazole rings is 1. The van der Waals surface area contributed by atoms with Gasteiger partial charge in [0.05, 0.1) is 5.69 Å². The molecule has 156 valence electrons. The fraction of sp³-hybridized carbons (Fsp3) is 0.167. The van der Waals surface area contributed by atoms with E-state index in [2.05, 4.69) is 15.5 Å².